The molecule has 0 atom stereocenters. The molecule has 7 nitrogen and oxygen atoms in total. The number of carbonyl (C=O) groups is 3. The first-order valence-corrected chi connectivity index (χ1v) is 12.9. The highest BCUT2D eigenvalue weighted by Gasteiger charge is 2.41. The Labute approximate surface area is 214 Å². The molecule has 0 aromatic rings. The van der Waals surface area contributed by atoms with Crippen LogP contribution in [0.2, 0.25) is 0 Å². The van der Waals surface area contributed by atoms with Crippen molar-refractivity contribution in [2.24, 2.45) is 33.5 Å². The van der Waals surface area contributed by atoms with Crippen LogP contribution in [0.1, 0.15) is 90.0 Å². The van der Waals surface area contributed by atoms with Gasteiger partial charge in [-0.1, -0.05) is 48.5 Å². The first kappa shape index (κ1) is 33.4. The lowest BCUT2D eigenvalue weighted by Gasteiger charge is -2.36. The van der Waals surface area contributed by atoms with E-state index in [0.717, 1.165) is 0 Å². The standard InChI is InChI=1S/C28H53NO6/c1-20(2)26(8,9)22(30)33-17-14-29(15-18-34-23(31)27(10,11)21(3)4)16-19-35-24(32)28(12,13)25(5,6)7/h20-21H,14-19H2,1-13H3. The summed E-state index contributed by atoms with van der Waals surface area (Å²) in [5.74, 6) is -0.423. The predicted molar refractivity (Wildman–Crippen MR) is 140 cm³/mol. The second-order valence-electron chi connectivity index (χ2n) is 12.9. The number of rotatable bonds is 14. The van der Waals surface area contributed by atoms with E-state index in [-0.39, 0.29) is 55.0 Å². The Hall–Kier alpha value is -1.63. The Kier molecular flexibility index (Phi) is 12.5. The highest BCUT2D eigenvalue weighted by atomic mass is 16.5. The molecule has 0 saturated heterocycles. The fourth-order valence-corrected chi connectivity index (χ4v) is 2.47. The Bertz CT molecular complexity index is 663. The number of hydrogen-bond donors (Lipinski definition) is 0. The molecule has 0 saturated carbocycles. The molecule has 0 aromatic heterocycles. The van der Waals surface area contributed by atoms with Crippen LogP contribution >= 0.6 is 0 Å². The summed E-state index contributed by atoms with van der Waals surface area (Å²) < 4.78 is 16.7. The molecule has 0 heterocycles. The molecule has 0 unspecified atom stereocenters. The first-order chi connectivity index (χ1) is 15.7. The molecular formula is C28H53NO6. The molecule has 0 rings (SSSR count). The molecule has 35 heavy (non-hydrogen) atoms. The van der Waals surface area contributed by atoms with Crippen molar-refractivity contribution in [3.05, 3.63) is 0 Å². The molecule has 0 aliphatic rings. The molecule has 0 bridgehead atoms. The Morgan fingerprint density at radius 2 is 0.857 bits per heavy atom. The highest BCUT2D eigenvalue weighted by molar-refractivity contribution is 5.77. The van der Waals surface area contributed by atoms with Crippen LogP contribution < -0.4 is 0 Å². The molecule has 0 radical (unpaired) electrons. The van der Waals surface area contributed by atoms with Gasteiger partial charge in [-0.05, 0) is 58.8 Å². The average molecular weight is 500 g/mol. The Morgan fingerprint density at radius 3 is 1.11 bits per heavy atom. The van der Waals surface area contributed by atoms with Crippen molar-refractivity contribution in [3.8, 4) is 0 Å². The smallest absolute Gasteiger partial charge is 0.312 e. The summed E-state index contributed by atoms with van der Waals surface area (Å²) >= 11 is 0. The molecule has 206 valence electrons. The van der Waals surface area contributed by atoms with E-state index in [1.54, 1.807) is 0 Å². The summed E-state index contributed by atoms with van der Waals surface area (Å²) in [7, 11) is 0. The summed E-state index contributed by atoms with van der Waals surface area (Å²) in [6.07, 6.45) is 0. The van der Waals surface area contributed by atoms with Gasteiger partial charge in [0.2, 0.25) is 0 Å². The van der Waals surface area contributed by atoms with Crippen molar-refractivity contribution in [3.63, 3.8) is 0 Å². The first-order valence-electron chi connectivity index (χ1n) is 12.9. The van der Waals surface area contributed by atoms with Crippen LogP contribution in [0.3, 0.4) is 0 Å². The number of esters is 3. The van der Waals surface area contributed by atoms with E-state index in [1.807, 2.05) is 94.9 Å². The zero-order valence-corrected chi connectivity index (χ0v) is 24.8. The number of ether oxygens (including phenoxy) is 3. The van der Waals surface area contributed by atoms with Crippen molar-refractivity contribution in [1.82, 2.24) is 4.90 Å². The summed E-state index contributed by atoms with van der Waals surface area (Å²) in [4.78, 5) is 39.6. The minimum Gasteiger partial charge on any atom is -0.464 e. The van der Waals surface area contributed by atoms with Gasteiger partial charge in [-0.3, -0.25) is 19.3 Å². The van der Waals surface area contributed by atoms with E-state index < -0.39 is 16.2 Å². The highest BCUT2D eigenvalue weighted by Crippen LogP contribution is 2.38. The predicted octanol–water partition coefficient (Wildman–Crippen LogP) is 5.35. The van der Waals surface area contributed by atoms with Gasteiger partial charge in [0.15, 0.2) is 0 Å². The minimum atomic E-state index is -0.631. The van der Waals surface area contributed by atoms with Gasteiger partial charge < -0.3 is 14.2 Å². The summed E-state index contributed by atoms with van der Waals surface area (Å²) in [6, 6.07) is 0. The van der Waals surface area contributed by atoms with E-state index in [1.165, 1.54) is 0 Å². The molecular weight excluding hydrogens is 446 g/mol. The Balaban J connectivity index is 5.05. The van der Waals surface area contributed by atoms with Crippen molar-refractivity contribution in [2.75, 3.05) is 39.5 Å². The normalized spacial score (nSPS) is 13.4. The quantitative estimate of drug-likeness (QED) is 0.235. The lowest BCUT2D eigenvalue weighted by molar-refractivity contribution is -0.160. The summed E-state index contributed by atoms with van der Waals surface area (Å²) in [5, 5.41) is 0. The molecule has 0 fully saturated rings. The van der Waals surface area contributed by atoms with Gasteiger partial charge in [-0.15, -0.1) is 0 Å². The van der Waals surface area contributed by atoms with E-state index in [2.05, 4.69) is 0 Å². The molecule has 7 heteroatoms. The molecule has 0 aliphatic heterocycles. The number of carbonyl (C=O) groups excluding carboxylic acids is 3. The van der Waals surface area contributed by atoms with Crippen LogP contribution in [0.15, 0.2) is 0 Å². The lowest BCUT2D eigenvalue weighted by Crippen LogP contribution is -2.41. The maximum atomic E-state index is 12.7. The SMILES string of the molecule is CC(C)C(C)(C)C(=O)OCCN(CCOC(=O)C(C)(C)C(C)C)CCOC(=O)C(C)(C)C(C)(C)C. The molecule has 0 aromatic carbocycles. The van der Waals surface area contributed by atoms with Crippen LogP contribution in [-0.4, -0.2) is 62.3 Å². The van der Waals surface area contributed by atoms with Crippen molar-refractivity contribution < 1.29 is 28.6 Å². The van der Waals surface area contributed by atoms with Crippen LogP contribution in [0, 0.1) is 33.5 Å². The van der Waals surface area contributed by atoms with Gasteiger partial charge in [0.1, 0.15) is 19.8 Å². The Morgan fingerprint density at radius 1 is 0.571 bits per heavy atom. The number of nitrogens with zero attached hydrogens (tertiary/aromatic N) is 1. The fourth-order valence-electron chi connectivity index (χ4n) is 2.47. The van der Waals surface area contributed by atoms with Crippen LogP contribution in [0.4, 0.5) is 0 Å². The molecule has 0 aliphatic carbocycles. The summed E-state index contributed by atoms with van der Waals surface area (Å²) in [6.45, 7) is 27.3. The second kappa shape index (κ2) is 13.1. The van der Waals surface area contributed by atoms with Gasteiger partial charge in [0, 0.05) is 19.6 Å². The topological polar surface area (TPSA) is 82.1 Å². The van der Waals surface area contributed by atoms with Gasteiger partial charge in [-0.2, -0.15) is 0 Å². The van der Waals surface area contributed by atoms with Crippen molar-refractivity contribution >= 4 is 17.9 Å². The zero-order chi connectivity index (χ0) is 27.8. The molecule has 0 spiro atoms. The van der Waals surface area contributed by atoms with Gasteiger partial charge >= 0.3 is 17.9 Å². The summed E-state index contributed by atoms with van der Waals surface area (Å²) in [5.41, 5.74) is -2.01. The molecule has 0 amide bonds. The van der Waals surface area contributed by atoms with Crippen molar-refractivity contribution in [2.45, 2.75) is 90.0 Å². The van der Waals surface area contributed by atoms with Gasteiger partial charge in [0.25, 0.3) is 0 Å². The van der Waals surface area contributed by atoms with Gasteiger partial charge in [-0.25, -0.2) is 0 Å². The fraction of sp³-hybridized carbons (Fsp3) is 0.893. The minimum absolute atomic E-state index is 0.153. The van der Waals surface area contributed by atoms with E-state index in [9.17, 15) is 14.4 Å². The van der Waals surface area contributed by atoms with Crippen LogP contribution in [0.25, 0.3) is 0 Å². The maximum Gasteiger partial charge on any atom is 0.312 e. The molecule has 0 N–H and O–H groups in total. The van der Waals surface area contributed by atoms with E-state index >= 15 is 0 Å². The van der Waals surface area contributed by atoms with Crippen molar-refractivity contribution in [1.29, 1.82) is 0 Å². The third-order valence-corrected chi connectivity index (χ3v) is 8.25. The largest absolute Gasteiger partial charge is 0.464 e. The number of hydrogen-bond acceptors (Lipinski definition) is 7. The third-order valence-electron chi connectivity index (χ3n) is 8.25. The van der Waals surface area contributed by atoms with Crippen LogP contribution in [0.5, 0.6) is 0 Å². The van der Waals surface area contributed by atoms with Gasteiger partial charge in [0.05, 0.1) is 16.2 Å². The average Bonchev–Trinajstić information content (AvgIpc) is 2.71. The monoisotopic (exact) mass is 499 g/mol. The third kappa shape index (κ3) is 9.74. The zero-order valence-electron chi connectivity index (χ0n) is 24.8. The van der Waals surface area contributed by atoms with Crippen LogP contribution in [-0.2, 0) is 28.6 Å². The van der Waals surface area contributed by atoms with E-state index in [0.29, 0.717) is 19.6 Å². The second-order valence-corrected chi connectivity index (χ2v) is 12.9. The van der Waals surface area contributed by atoms with E-state index in [4.69, 9.17) is 14.2 Å². The lowest BCUT2D eigenvalue weighted by atomic mass is 9.69. The maximum absolute atomic E-state index is 12.7.